The molecule has 156 valence electrons. The fourth-order valence-electron chi connectivity index (χ4n) is 4.42. The molecule has 0 amide bonds. The number of thioether (sulfide) groups is 1. The molecule has 3 aromatic rings. The standard InChI is InChI=1S/C27H31NSSe/c1-27(2)18-23(20-30-25-16-10-5-11-17-25)28(21-27)26(22-12-6-3-7-13-22)19-29-24-14-8-4-9-15-24/h3-17,23,26H,18-21H2,1-2H3/t23?,26-/m0/s1. The Balaban J connectivity index is 1.54. The van der Waals surface area contributed by atoms with Crippen LogP contribution in [0.3, 0.4) is 0 Å². The van der Waals surface area contributed by atoms with Gasteiger partial charge in [-0.25, -0.2) is 0 Å². The Kier molecular flexibility index (Phi) is 7.38. The van der Waals surface area contributed by atoms with E-state index >= 15 is 0 Å². The number of likely N-dealkylation sites (tertiary alicyclic amines) is 1. The van der Waals surface area contributed by atoms with Crippen LogP contribution in [0.4, 0.5) is 0 Å². The second-order valence-corrected chi connectivity index (χ2v) is 12.3. The Morgan fingerprint density at radius 3 is 2.17 bits per heavy atom. The van der Waals surface area contributed by atoms with Crippen molar-refractivity contribution in [2.24, 2.45) is 5.41 Å². The van der Waals surface area contributed by atoms with E-state index in [-0.39, 0.29) is 0 Å². The fourth-order valence-corrected chi connectivity index (χ4v) is 7.70. The van der Waals surface area contributed by atoms with Crippen LogP contribution in [0.2, 0.25) is 5.32 Å². The summed E-state index contributed by atoms with van der Waals surface area (Å²) in [4.78, 5) is 4.19. The third-order valence-corrected chi connectivity index (χ3v) is 9.30. The first-order valence-electron chi connectivity index (χ1n) is 10.8. The van der Waals surface area contributed by atoms with Crippen molar-refractivity contribution in [3.63, 3.8) is 0 Å². The van der Waals surface area contributed by atoms with E-state index in [9.17, 15) is 0 Å². The molecular formula is C27H31NSSe. The van der Waals surface area contributed by atoms with Gasteiger partial charge in [0.2, 0.25) is 0 Å². The molecule has 1 aliphatic rings. The summed E-state index contributed by atoms with van der Waals surface area (Å²) in [6.07, 6.45) is 1.29. The average Bonchev–Trinajstić information content (AvgIpc) is 3.09. The summed E-state index contributed by atoms with van der Waals surface area (Å²) in [6.45, 7) is 6.07. The molecule has 1 fully saturated rings. The van der Waals surface area contributed by atoms with Gasteiger partial charge in [0, 0.05) is 0 Å². The molecule has 0 aliphatic carbocycles. The molecule has 4 rings (SSSR count). The first kappa shape index (κ1) is 21.7. The SMILES string of the molecule is CC1(C)CC(C[Se]c2ccccc2)N([C@@H](CSc2ccccc2)c2ccccc2)C1. The molecule has 3 heteroatoms. The van der Waals surface area contributed by atoms with Crippen LogP contribution in [0.25, 0.3) is 0 Å². The number of nitrogens with zero attached hydrogens (tertiary/aromatic N) is 1. The molecule has 0 spiro atoms. The van der Waals surface area contributed by atoms with Gasteiger partial charge in [-0.05, 0) is 0 Å². The molecule has 3 aromatic carbocycles. The molecule has 30 heavy (non-hydrogen) atoms. The summed E-state index contributed by atoms with van der Waals surface area (Å²) in [5.41, 5.74) is 1.83. The van der Waals surface area contributed by atoms with Gasteiger partial charge in [-0.3, -0.25) is 0 Å². The average molecular weight is 481 g/mol. The van der Waals surface area contributed by atoms with Crippen LogP contribution in [0.15, 0.2) is 95.9 Å². The van der Waals surface area contributed by atoms with Crippen molar-refractivity contribution in [2.75, 3.05) is 12.3 Å². The maximum atomic E-state index is 2.83. The van der Waals surface area contributed by atoms with Gasteiger partial charge < -0.3 is 0 Å². The Bertz CT molecular complexity index is 898. The number of hydrogen-bond donors (Lipinski definition) is 0. The third kappa shape index (κ3) is 5.80. The predicted octanol–water partition coefficient (Wildman–Crippen LogP) is 6.07. The van der Waals surface area contributed by atoms with Crippen LogP contribution in [0.1, 0.15) is 31.9 Å². The van der Waals surface area contributed by atoms with Crippen molar-refractivity contribution in [1.29, 1.82) is 0 Å². The monoisotopic (exact) mass is 481 g/mol. The normalized spacial score (nSPS) is 19.6. The Morgan fingerprint density at radius 1 is 0.900 bits per heavy atom. The Labute approximate surface area is 192 Å². The molecule has 0 aromatic heterocycles. The molecular weight excluding hydrogens is 449 g/mol. The van der Waals surface area contributed by atoms with Crippen molar-refractivity contribution in [3.05, 3.63) is 96.6 Å². The van der Waals surface area contributed by atoms with E-state index in [0.29, 0.717) is 32.5 Å². The molecule has 0 radical (unpaired) electrons. The zero-order chi connectivity index (χ0) is 20.8. The van der Waals surface area contributed by atoms with Crippen LogP contribution < -0.4 is 4.46 Å². The number of benzene rings is 3. The van der Waals surface area contributed by atoms with Gasteiger partial charge in [0.25, 0.3) is 0 Å². The summed E-state index contributed by atoms with van der Waals surface area (Å²) in [5, 5.41) is 1.29. The van der Waals surface area contributed by atoms with E-state index in [1.165, 1.54) is 33.2 Å². The van der Waals surface area contributed by atoms with Crippen molar-refractivity contribution < 1.29 is 0 Å². The van der Waals surface area contributed by atoms with E-state index in [4.69, 9.17) is 0 Å². The first-order valence-corrected chi connectivity index (χ1v) is 13.8. The van der Waals surface area contributed by atoms with E-state index in [0.717, 1.165) is 5.75 Å². The number of hydrogen-bond acceptors (Lipinski definition) is 2. The van der Waals surface area contributed by atoms with E-state index in [1.54, 1.807) is 0 Å². The molecule has 0 bridgehead atoms. The maximum absolute atomic E-state index is 2.83. The van der Waals surface area contributed by atoms with Crippen LogP contribution in [-0.4, -0.2) is 38.2 Å². The number of rotatable bonds is 8. The first-order chi connectivity index (χ1) is 14.6. The summed E-state index contributed by atoms with van der Waals surface area (Å²) >= 11 is 2.52. The zero-order valence-corrected chi connectivity index (χ0v) is 20.4. The van der Waals surface area contributed by atoms with Crippen LogP contribution in [0.5, 0.6) is 0 Å². The topological polar surface area (TPSA) is 3.24 Å². The van der Waals surface area contributed by atoms with Crippen molar-refractivity contribution in [1.82, 2.24) is 4.90 Å². The minimum atomic E-state index is 0.377. The van der Waals surface area contributed by atoms with Gasteiger partial charge in [0.1, 0.15) is 0 Å². The molecule has 1 saturated heterocycles. The van der Waals surface area contributed by atoms with Crippen LogP contribution in [-0.2, 0) is 0 Å². The van der Waals surface area contributed by atoms with Gasteiger partial charge in [-0.1, -0.05) is 0 Å². The molecule has 1 nitrogen and oxygen atoms in total. The molecule has 0 saturated carbocycles. The summed E-state index contributed by atoms with van der Waals surface area (Å²) in [6, 6.07) is 34.2. The fraction of sp³-hybridized carbons (Fsp3) is 0.333. The predicted molar refractivity (Wildman–Crippen MR) is 132 cm³/mol. The quantitative estimate of drug-likeness (QED) is 0.284. The van der Waals surface area contributed by atoms with Gasteiger partial charge in [0.05, 0.1) is 0 Å². The molecule has 1 unspecified atom stereocenters. The van der Waals surface area contributed by atoms with Crippen molar-refractivity contribution in [3.8, 4) is 0 Å². The Morgan fingerprint density at radius 2 is 1.50 bits per heavy atom. The molecule has 0 N–H and O–H groups in total. The van der Waals surface area contributed by atoms with E-state index in [2.05, 4.69) is 110 Å². The summed E-state index contributed by atoms with van der Waals surface area (Å²) < 4.78 is 1.52. The second-order valence-electron chi connectivity index (χ2n) is 8.87. The molecule has 2 atom stereocenters. The van der Waals surface area contributed by atoms with Gasteiger partial charge in [0.15, 0.2) is 0 Å². The third-order valence-electron chi connectivity index (χ3n) is 5.79. The second kappa shape index (κ2) is 10.2. The Hall–Kier alpha value is -1.51. The van der Waals surface area contributed by atoms with E-state index < -0.39 is 0 Å². The van der Waals surface area contributed by atoms with Gasteiger partial charge in [-0.15, -0.1) is 0 Å². The van der Waals surface area contributed by atoms with Crippen molar-refractivity contribution >= 4 is 31.2 Å². The van der Waals surface area contributed by atoms with E-state index in [1.807, 2.05) is 11.8 Å². The summed E-state index contributed by atoms with van der Waals surface area (Å²) in [7, 11) is 0. The van der Waals surface area contributed by atoms with Crippen LogP contribution >= 0.6 is 11.8 Å². The minimum absolute atomic E-state index is 0.377. The molecule has 1 heterocycles. The van der Waals surface area contributed by atoms with Crippen molar-refractivity contribution in [2.45, 2.75) is 42.6 Å². The molecule has 1 aliphatic heterocycles. The zero-order valence-electron chi connectivity index (χ0n) is 17.9. The summed E-state index contributed by atoms with van der Waals surface area (Å²) in [5.74, 6) is 1.10. The van der Waals surface area contributed by atoms with Gasteiger partial charge in [-0.2, -0.15) is 0 Å². The van der Waals surface area contributed by atoms with Crippen LogP contribution in [0, 0.1) is 5.41 Å². The van der Waals surface area contributed by atoms with Gasteiger partial charge >= 0.3 is 193 Å².